The van der Waals surface area contributed by atoms with E-state index in [0.29, 0.717) is 5.69 Å². The van der Waals surface area contributed by atoms with Gasteiger partial charge in [-0.05, 0) is 42.5 Å². The Balaban J connectivity index is 1.59. The molecule has 5 nitrogen and oxygen atoms in total. The van der Waals surface area contributed by atoms with E-state index in [4.69, 9.17) is 39.5 Å². The molecule has 0 saturated heterocycles. The summed E-state index contributed by atoms with van der Waals surface area (Å²) in [6.07, 6.45) is 4.40. The molecule has 0 spiro atoms. The topological polar surface area (TPSA) is 68.3 Å². The van der Waals surface area contributed by atoms with Crippen molar-refractivity contribution < 1.29 is 14.3 Å². The zero-order valence-corrected chi connectivity index (χ0v) is 15.2. The molecule has 2 aromatic rings. The Morgan fingerprint density at radius 1 is 1.12 bits per heavy atom. The van der Waals surface area contributed by atoms with Crippen molar-refractivity contribution in [2.24, 2.45) is 0 Å². The lowest BCUT2D eigenvalue weighted by Crippen LogP contribution is -2.21. The molecular formula is C17H13Cl3N2O3. The number of benzene rings is 1. The van der Waals surface area contributed by atoms with Crippen molar-refractivity contribution in [3.8, 4) is 0 Å². The molecule has 1 aromatic heterocycles. The molecule has 1 aromatic carbocycles. The fourth-order valence-electron chi connectivity index (χ4n) is 2.63. The van der Waals surface area contributed by atoms with Crippen molar-refractivity contribution in [3.63, 3.8) is 0 Å². The fraction of sp³-hybridized carbons (Fsp3) is 0.235. The zero-order chi connectivity index (χ0) is 18.0. The average molecular weight is 400 g/mol. The molecule has 0 bridgehead atoms. The Morgan fingerprint density at radius 3 is 2.68 bits per heavy atom. The zero-order valence-electron chi connectivity index (χ0n) is 12.9. The van der Waals surface area contributed by atoms with Gasteiger partial charge < -0.3 is 10.1 Å². The molecule has 1 amide bonds. The van der Waals surface area contributed by atoms with Crippen LogP contribution in [0.5, 0.6) is 0 Å². The van der Waals surface area contributed by atoms with Gasteiger partial charge in [-0.2, -0.15) is 0 Å². The number of amides is 1. The van der Waals surface area contributed by atoms with Crippen LogP contribution in [-0.2, 0) is 22.4 Å². The summed E-state index contributed by atoms with van der Waals surface area (Å²) in [6.45, 7) is -0.464. The van der Waals surface area contributed by atoms with Crippen LogP contribution in [-0.4, -0.2) is 23.5 Å². The molecule has 3 rings (SSSR count). The van der Waals surface area contributed by atoms with Gasteiger partial charge in [-0.3, -0.25) is 4.79 Å². The molecule has 1 heterocycles. The molecule has 0 fully saturated rings. The molecule has 1 aliphatic carbocycles. The van der Waals surface area contributed by atoms with Gasteiger partial charge in [0.15, 0.2) is 12.3 Å². The summed E-state index contributed by atoms with van der Waals surface area (Å²) in [5, 5.41) is 2.71. The highest BCUT2D eigenvalue weighted by molar-refractivity contribution is 6.48. The van der Waals surface area contributed by atoms with Gasteiger partial charge in [-0.15, -0.1) is 0 Å². The number of carbonyl (C=O) groups excluding carboxylic acids is 2. The first-order chi connectivity index (χ1) is 12.0. The van der Waals surface area contributed by atoms with E-state index in [2.05, 4.69) is 10.3 Å². The molecular weight excluding hydrogens is 387 g/mol. The second-order valence-electron chi connectivity index (χ2n) is 5.54. The number of nitrogens with one attached hydrogen (secondary N) is 1. The Morgan fingerprint density at radius 2 is 1.88 bits per heavy atom. The van der Waals surface area contributed by atoms with Crippen LogP contribution in [0.3, 0.4) is 0 Å². The maximum Gasteiger partial charge on any atom is 0.359 e. The number of pyridine rings is 1. The average Bonchev–Trinajstić information content (AvgIpc) is 3.05. The maximum absolute atomic E-state index is 12.0. The molecule has 0 unspecified atom stereocenters. The molecule has 0 aliphatic heterocycles. The van der Waals surface area contributed by atoms with E-state index in [1.165, 1.54) is 17.3 Å². The van der Waals surface area contributed by atoms with Gasteiger partial charge in [0.1, 0.15) is 0 Å². The summed E-state index contributed by atoms with van der Waals surface area (Å²) in [4.78, 5) is 27.7. The van der Waals surface area contributed by atoms with Crippen LogP contribution in [0.15, 0.2) is 24.4 Å². The van der Waals surface area contributed by atoms with E-state index in [-0.39, 0.29) is 20.8 Å². The van der Waals surface area contributed by atoms with Gasteiger partial charge in [-0.1, -0.05) is 40.9 Å². The number of anilines is 1. The fourth-order valence-corrected chi connectivity index (χ4v) is 3.19. The monoisotopic (exact) mass is 398 g/mol. The molecule has 130 valence electrons. The largest absolute Gasteiger partial charge is 0.451 e. The molecule has 1 N–H and O–H groups in total. The summed E-state index contributed by atoms with van der Waals surface area (Å²) in [7, 11) is 0. The van der Waals surface area contributed by atoms with Crippen LogP contribution in [0.1, 0.15) is 28.0 Å². The Bertz CT molecular complexity index is 855. The Hall–Kier alpha value is -1.82. The third-order valence-corrected chi connectivity index (χ3v) is 5.07. The van der Waals surface area contributed by atoms with Crippen LogP contribution in [0.4, 0.5) is 5.69 Å². The number of carbonyl (C=O) groups is 2. The van der Waals surface area contributed by atoms with Gasteiger partial charge in [-0.25, -0.2) is 9.78 Å². The lowest BCUT2D eigenvalue weighted by atomic mass is 10.1. The highest BCUT2D eigenvalue weighted by Crippen LogP contribution is 2.31. The summed E-state index contributed by atoms with van der Waals surface area (Å²) < 4.78 is 4.93. The van der Waals surface area contributed by atoms with Crippen molar-refractivity contribution in [1.82, 2.24) is 4.98 Å². The van der Waals surface area contributed by atoms with Crippen LogP contribution in [0.25, 0.3) is 0 Å². The van der Waals surface area contributed by atoms with Gasteiger partial charge in [0, 0.05) is 11.9 Å². The molecule has 1 aliphatic rings. The first-order valence-electron chi connectivity index (χ1n) is 7.54. The van der Waals surface area contributed by atoms with Gasteiger partial charge in [0.25, 0.3) is 5.91 Å². The van der Waals surface area contributed by atoms with Crippen molar-refractivity contribution >= 4 is 52.4 Å². The molecule has 0 saturated carbocycles. The Kier molecular flexibility index (Phi) is 5.47. The van der Waals surface area contributed by atoms with E-state index in [1.807, 2.05) is 18.2 Å². The highest BCUT2D eigenvalue weighted by atomic mass is 35.5. The predicted octanol–water partition coefficient (Wildman–Crippen LogP) is 4.33. The normalized spacial score (nSPS) is 12.6. The minimum atomic E-state index is -0.854. The Labute approximate surface area is 159 Å². The first kappa shape index (κ1) is 18.0. The van der Waals surface area contributed by atoms with E-state index >= 15 is 0 Å². The quantitative estimate of drug-likeness (QED) is 0.777. The number of aryl methyl sites for hydroxylation is 2. The number of halogens is 3. The number of nitrogens with zero attached hydrogens (tertiary/aromatic N) is 1. The summed E-state index contributed by atoms with van der Waals surface area (Å²) in [5.41, 5.74) is 3.03. The van der Waals surface area contributed by atoms with Gasteiger partial charge in [0.2, 0.25) is 0 Å². The lowest BCUT2D eigenvalue weighted by molar-refractivity contribution is -0.119. The molecule has 0 radical (unpaired) electrons. The smallest absolute Gasteiger partial charge is 0.359 e. The van der Waals surface area contributed by atoms with E-state index in [0.717, 1.165) is 19.3 Å². The minimum absolute atomic E-state index is 0.00729. The van der Waals surface area contributed by atoms with Crippen molar-refractivity contribution in [3.05, 3.63) is 56.3 Å². The first-order valence-corrected chi connectivity index (χ1v) is 8.67. The highest BCUT2D eigenvalue weighted by Gasteiger charge is 2.19. The van der Waals surface area contributed by atoms with E-state index in [9.17, 15) is 9.59 Å². The predicted molar refractivity (Wildman–Crippen MR) is 96.6 cm³/mol. The second-order valence-corrected chi connectivity index (χ2v) is 6.71. The number of aromatic nitrogens is 1. The summed E-state index contributed by atoms with van der Waals surface area (Å²) >= 11 is 17.5. The molecule has 0 atom stereocenters. The third kappa shape index (κ3) is 4.06. The third-order valence-electron chi connectivity index (χ3n) is 3.83. The number of ether oxygens (including phenoxy) is 1. The molecule has 8 heteroatoms. The lowest BCUT2D eigenvalue weighted by Gasteiger charge is -2.09. The van der Waals surface area contributed by atoms with E-state index in [1.54, 1.807) is 0 Å². The number of fused-ring (bicyclic) bond motifs is 1. The number of hydrogen-bond acceptors (Lipinski definition) is 4. The maximum atomic E-state index is 12.0. The number of hydrogen-bond donors (Lipinski definition) is 1. The van der Waals surface area contributed by atoms with Crippen LogP contribution in [0.2, 0.25) is 15.1 Å². The SMILES string of the molecule is O=C(COC(=O)c1ncc(Cl)c(Cl)c1Cl)Nc1ccc2c(c1)CCC2. The van der Waals surface area contributed by atoms with Crippen molar-refractivity contribution in [2.45, 2.75) is 19.3 Å². The number of rotatable bonds is 4. The van der Waals surface area contributed by atoms with Gasteiger partial charge >= 0.3 is 5.97 Å². The van der Waals surface area contributed by atoms with Gasteiger partial charge in [0.05, 0.1) is 15.1 Å². The van der Waals surface area contributed by atoms with Crippen LogP contribution >= 0.6 is 34.8 Å². The van der Waals surface area contributed by atoms with Crippen LogP contribution in [0, 0.1) is 0 Å². The standard InChI is InChI=1S/C17H13Cl3N2O3/c18-12-7-21-16(15(20)14(12)19)17(24)25-8-13(23)22-11-5-4-9-2-1-3-10(9)6-11/h4-7H,1-3,8H2,(H,22,23). The minimum Gasteiger partial charge on any atom is -0.451 e. The van der Waals surface area contributed by atoms with Crippen molar-refractivity contribution in [1.29, 1.82) is 0 Å². The van der Waals surface area contributed by atoms with E-state index < -0.39 is 18.5 Å². The van der Waals surface area contributed by atoms with Crippen molar-refractivity contribution in [2.75, 3.05) is 11.9 Å². The number of esters is 1. The summed E-state index contributed by atoms with van der Waals surface area (Å²) in [6, 6.07) is 5.78. The second kappa shape index (κ2) is 7.60. The summed E-state index contributed by atoms with van der Waals surface area (Å²) in [5.74, 6) is -1.31. The molecule has 25 heavy (non-hydrogen) atoms. The van der Waals surface area contributed by atoms with Crippen LogP contribution < -0.4 is 5.32 Å².